The maximum Gasteiger partial charge on any atom is 0.117 e. The normalized spacial score (nSPS) is 12.7. The molecule has 1 N–H and O–H groups in total. The van der Waals surface area contributed by atoms with Crippen molar-refractivity contribution < 1.29 is 5.11 Å². The van der Waals surface area contributed by atoms with Crippen LogP contribution in [-0.2, 0) is 6.42 Å². The lowest BCUT2D eigenvalue weighted by molar-refractivity contribution is 0.224. The van der Waals surface area contributed by atoms with Crippen molar-refractivity contribution in [3.05, 3.63) is 52.8 Å². The molecule has 0 aliphatic carbocycles. The van der Waals surface area contributed by atoms with E-state index < -0.39 is 6.10 Å². The van der Waals surface area contributed by atoms with Crippen molar-refractivity contribution in [2.45, 2.75) is 25.9 Å². The van der Waals surface area contributed by atoms with Crippen LogP contribution in [0.1, 0.15) is 35.6 Å². The highest BCUT2D eigenvalue weighted by molar-refractivity contribution is 7.05. The fourth-order valence-electron chi connectivity index (χ4n) is 2.36. The van der Waals surface area contributed by atoms with Crippen LogP contribution in [0, 0.1) is 0 Å². The number of aliphatic hydroxyl groups excluding tert-OH is 1. The van der Waals surface area contributed by atoms with Crippen LogP contribution in [0.3, 0.4) is 0 Å². The SMILES string of the molecule is CCCc1nnsc1C(O)c1cccc2cnccc12. The third kappa shape index (κ3) is 2.30. The second kappa shape index (κ2) is 5.64. The number of hydrogen-bond acceptors (Lipinski definition) is 5. The van der Waals surface area contributed by atoms with E-state index in [-0.39, 0.29) is 0 Å². The summed E-state index contributed by atoms with van der Waals surface area (Å²) in [6.07, 6.45) is 4.71. The lowest BCUT2D eigenvalue weighted by Gasteiger charge is -2.12. The van der Waals surface area contributed by atoms with Crippen LogP contribution < -0.4 is 0 Å². The van der Waals surface area contributed by atoms with Crippen LogP contribution >= 0.6 is 11.5 Å². The molecular formula is C15H15N3OS. The molecule has 0 amide bonds. The molecule has 2 aromatic heterocycles. The number of aryl methyl sites for hydroxylation is 1. The van der Waals surface area contributed by atoms with E-state index in [1.54, 1.807) is 6.20 Å². The third-order valence-electron chi connectivity index (χ3n) is 3.33. The topological polar surface area (TPSA) is 58.9 Å². The summed E-state index contributed by atoms with van der Waals surface area (Å²) >= 11 is 1.27. The van der Waals surface area contributed by atoms with E-state index >= 15 is 0 Å². The molecule has 102 valence electrons. The molecule has 2 heterocycles. The molecule has 0 saturated carbocycles. The molecule has 20 heavy (non-hydrogen) atoms. The molecule has 1 unspecified atom stereocenters. The van der Waals surface area contributed by atoms with Gasteiger partial charge in [0.1, 0.15) is 6.10 Å². The largest absolute Gasteiger partial charge is 0.383 e. The smallest absolute Gasteiger partial charge is 0.117 e. The van der Waals surface area contributed by atoms with E-state index in [0.29, 0.717) is 0 Å². The van der Waals surface area contributed by atoms with Gasteiger partial charge in [0.2, 0.25) is 0 Å². The number of rotatable bonds is 4. The predicted molar refractivity (Wildman–Crippen MR) is 79.7 cm³/mol. The van der Waals surface area contributed by atoms with Crippen molar-refractivity contribution >= 4 is 22.3 Å². The fraction of sp³-hybridized carbons (Fsp3) is 0.267. The first-order chi connectivity index (χ1) is 9.81. The lowest BCUT2D eigenvalue weighted by Crippen LogP contribution is -2.02. The van der Waals surface area contributed by atoms with Crippen molar-refractivity contribution in [3.63, 3.8) is 0 Å². The van der Waals surface area contributed by atoms with E-state index in [2.05, 4.69) is 21.5 Å². The summed E-state index contributed by atoms with van der Waals surface area (Å²) in [5, 5.41) is 16.9. The van der Waals surface area contributed by atoms with Gasteiger partial charge in [0, 0.05) is 17.8 Å². The highest BCUT2D eigenvalue weighted by Crippen LogP contribution is 2.31. The molecule has 4 nitrogen and oxygen atoms in total. The molecule has 0 bridgehead atoms. The first-order valence-corrected chi connectivity index (χ1v) is 7.40. The fourth-order valence-corrected chi connectivity index (χ4v) is 3.06. The summed E-state index contributed by atoms with van der Waals surface area (Å²) in [5.41, 5.74) is 1.78. The van der Waals surface area contributed by atoms with Crippen LogP contribution in [-0.4, -0.2) is 19.7 Å². The number of fused-ring (bicyclic) bond motifs is 1. The van der Waals surface area contributed by atoms with Gasteiger partial charge in [0.05, 0.1) is 10.6 Å². The number of pyridine rings is 1. The first kappa shape index (κ1) is 13.1. The van der Waals surface area contributed by atoms with Crippen LogP contribution in [0.15, 0.2) is 36.7 Å². The van der Waals surface area contributed by atoms with Crippen molar-refractivity contribution in [3.8, 4) is 0 Å². The Morgan fingerprint density at radius 2 is 2.20 bits per heavy atom. The van der Waals surface area contributed by atoms with Crippen molar-refractivity contribution in [2.24, 2.45) is 0 Å². The quantitative estimate of drug-likeness (QED) is 0.800. The molecule has 5 heteroatoms. The Hall–Kier alpha value is -1.85. The van der Waals surface area contributed by atoms with Crippen LogP contribution in [0.25, 0.3) is 10.8 Å². The van der Waals surface area contributed by atoms with Gasteiger partial charge in [-0.25, -0.2) is 0 Å². The van der Waals surface area contributed by atoms with E-state index in [9.17, 15) is 5.11 Å². The average molecular weight is 285 g/mol. The molecule has 0 saturated heterocycles. The molecule has 1 aromatic carbocycles. The average Bonchev–Trinajstić information content (AvgIpc) is 2.94. The Morgan fingerprint density at radius 1 is 1.30 bits per heavy atom. The second-order valence-corrected chi connectivity index (χ2v) is 5.47. The van der Waals surface area contributed by atoms with E-state index in [0.717, 1.165) is 39.7 Å². The molecule has 0 spiro atoms. The molecular weight excluding hydrogens is 270 g/mol. The molecule has 0 radical (unpaired) electrons. The summed E-state index contributed by atoms with van der Waals surface area (Å²) in [5.74, 6) is 0. The number of aliphatic hydroxyl groups is 1. The summed E-state index contributed by atoms with van der Waals surface area (Å²) in [6, 6.07) is 7.82. The Balaban J connectivity index is 2.08. The summed E-state index contributed by atoms with van der Waals surface area (Å²) in [6.45, 7) is 2.10. The van der Waals surface area contributed by atoms with Gasteiger partial charge in [-0.1, -0.05) is 36.0 Å². The maximum atomic E-state index is 10.7. The summed E-state index contributed by atoms with van der Waals surface area (Å²) < 4.78 is 3.99. The van der Waals surface area contributed by atoms with Crippen molar-refractivity contribution in [1.29, 1.82) is 0 Å². The zero-order valence-corrected chi connectivity index (χ0v) is 12.0. The third-order valence-corrected chi connectivity index (χ3v) is 4.15. The molecule has 0 aliphatic rings. The van der Waals surface area contributed by atoms with Gasteiger partial charge in [-0.3, -0.25) is 4.98 Å². The molecule has 0 aliphatic heterocycles. The Bertz CT molecular complexity index is 720. The van der Waals surface area contributed by atoms with E-state index in [1.165, 1.54) is 11.5 Å². The molecule has 3 rings (SSSR count). The van der Waals surface area contributed by atoms with Gasteiger partial charge in [-0.2, -0.15) is 0 Å². The van der Waals surface area contributed by atoms with E-state index in [1.807, 2.05) is 30.5 Å². The van der Waals surface area contributed by atoms with Crippen LogP contribution in [0.5, 0.6) is 0 Å². The number of aromatic nitrogens is 3. The Kier molecular flexibility index (Phi) is 3.71. The van der Waals surface area contributed by atoms with Crippen LogP contribution in [0.4, 0.5) is 0 Å². The van der Waals surface area contributed by atoms with Gasteiger partial charge in [-0.05, 0) is 35.0 Å². The molecule has 3 aromatic rings. The number of benzene rings is 1. The number of hydrogen-bond donors (Lipinski definition) is 1. The number of nitrogens with zero attached hydrogens (tertiary/aromatic N) is 3. The molecule has 0 fully saturated rings. The van der Waals surface area contributed by atoms with Crippen molar-refractivity contribution in [1.82, 2.24) is 14.6 Å². The van der Waals surface area contributed by atoms with E-state index in [4.69, 9.17) is 0 Å². The minimum Gasteiger partial charge on any atom is -0.383 e. The lowest BCUT2D eigenvalue weighted by atomic mass is 9.99. The second-order valence-electron chi connectivity index (χ2n) is 4.68. The highest BCUT2D eigenvalue weighted by Gasteiger charge is 2.20. The summed E-state index contributed by atoms with van der Waals surface area (Å²) in [4.78, 5) is 4.96. The van der Waals surface area contributed by atoms with Gasteiger partial charge >= 0.3 is 0 Å². The zero-order valence-electron chi connectivity index (χ0n) is 11.2. The predicted octanol–water partition coefficient (Wildman–Crippen LogP) is 3.12. The molecule has 1 atom stereocenters. The Morgan fingerprint density at radius 3 is 3.05 bits per heavy atom. The van der Waals surface area contributed by atoms with Crippen molar-refractivity contribution in [2.75, 3.05) is 0 Å². The highest BCUT2D eigenvalue weighted by atomic mass is 32.1. The van der Waals surface area contributed by atoms with Gasteiger partial charge < -0.3 is 5.11 Å². The standard InChI is InChI=1S/C15H15N3OS/c1-2-4-13-15(20-18-17-13)14(19)12-6-3-5-10-9-16-8-7-11(10)12/h3,5-9,14,19H,2,4H2,1H3. The monoisotopic (exact) mass is 285 g/mol. The Labute approximate surface area is 121 Å². The summed E-state index contributed by atoms with van der Waals surface area (Å²) in [7, 11) is 0. The van der Waals surface area contributed by atoms with Gasteiger partial charge in [0.15, 0.2) is 0 Å². The van der Waals surface area contributed by atoms with Crippen LogP contribution in [0.2, 0.25) is 0 Å². The first-order valence-electron chi connectivity index (χ1n) is 6.63. The minimum atomic E-state index is -0.678. The van der Waals surface area contributed by atoms with Gasteiger partial charge in [0.25, 0.3) is 0 Å². The maximum absolute atomic E-state index is 10.7. The van der Waals surface area contributed by atoms with Gasteiger partial charge in [-0.15, -0.1) is 5.10 Å². The zero-order chi connectivity index (χ0) is 13.9. The minimum absolute atomic E-state index is 0.678.